The van der Waals surface area contributed by atoms with Crippen molar-refractivity contribution in [2.24, 2.45) is 0 Å². The fraction of sp³-hybridized carbons (Fsp3) is 0. The van der Waals surface area contributed by atoms with Gasteiger partial charge >= 0.3 is 7.12 Å². The van der Waals surface area contributed by atoms with Gasteiger partial charge in [-0.25, -0.2) is 0 Å². The molecule has 0 aliphatic carbocycles. The molecule has 2 nitrogen and oxygen atoms in total. The summed E-state index contributed by atoms with van der Waals surface area (Å²) in [6.45, 7) is 0. The van der Waals surface area contributed by atoms with Gasteiger partial charge in [0.1, 0.15) is 0 Å². The minimum absolute atomic E-state index is 0.579. The van der Waals surface area contributed by atoms with E-state index < -0.39 is 7.12 Å². The second kappa shape index (κ2) is 5.31. The maximum Gasteiger partial charge on any atom is 0.489 e. The molecule has 0 aliphatic heterocycles. The zero-order valence-corrected chi connectivity index (χ0v) is 13.5. The molecule has 25 heavy (non-hydrogen) atoms. The van der Waals surface area contributed by atoms with Crippen LogP contribution in [0.4, 0.5) is 0 Å². The molecule has 0 radical (unpaired) electrons. The quantitative estimate of drug-likeness (QED) is 0.278. The van der Waals surface area contributed by atoms with Crippen LogP contribution in [-0.4, -0.2) is 17.2 Å². The molecule has 5 aromatic carbocycles. The summed E-state index contributed by atoms with van der Waals surface area (Å²) in [6, 6.07) is 26.6. The molecule has 0 saturated heterocycles. The van der Waals surface area contributed by atoms with E-state index in [0.29, 0.717) is 5.46 Å². The minimum atomic E-state index is -1.53. The number of benzene rings is 5. The van der Waals surface area contributed by atoms with Gasteiger partial charge in [-0.15, -0.1) is 0 Å². The molecular formula is C22H15BO2. The molecule has 0 atom stereocenters. The first kappa shape index (κ1) is 14.5. The molecule has 0 amide bonds. The number of hydrogen-bond donors (Lipinski definition) is 2. The summed E-state index contributed by atoms with van der Waals surface area (Å²) in [6.07, 6.45) is 0. The summed E-state index contributed by atoms with van der Waals surface area (Å²) in [4.78, 5) is 0. The van der Waals surface area contributed by atoms with E-state index >= 15 is 0 Å². The van der Waals surface area contributed by atoms with Crippen molar-refractivity contribution in [1.82, 2.24) is 0 Å². The van der Waals surface area contributed by atoms with E-state index in [2.05, 4.69) is 30.3 Å². The van der Waals surface area contributed by atoms with Gasteiger partial charge in [0.25, 0.3) is 0 Å². The third kappa shape index (κ3) is 2.07. The van der Waals surface area contributed by atoms with Crippen molar-refractivity contribution in [3.8, 4) is 0 Å². The molecule has 5 aromatic rings. The molecule has 0 heterocycles. The molecule has 0 aromatic heterocycles. The number of fused-ring (bicyclic) bond motifs is 6. The van der Waals surface area contributed by atoms with Gasteiger partial charge in [0.05, 0.1) is 0 Å². The molecule has 0 aliphatic rings. The highest BCUT2D eigenvalue weighted by Crippen LogP contribution is 2.32. The van der Waals surface area contributed by atoms with Gasteiger partial charge in [-0.2, -0.15) is 0 Å². The summed E-state index contributed by atoms with van der Waals surface area (Å²) < 4.78 is 0. The van der Waals surface area contributed by atoms with Gasteiger partial charge in [-0.3, -0.25) is 0 Å². The lowest BCUT2D eigenvalue weighted by molar-refractivity contribution is 0.426. The fourth-order valence-electron chi connectivity index (χ4n) is 3.95. The van der Waals surface area contributed by atoms with Crippen LogP contribution in [0.2, 0.25) is 0 Å². The maximum atomic E-state index is 10.2. The molecule has 0 saturated carbocycles. The van der Waals surface area contributed by atoms with Crippen LogP contribution in [-0.2, 0) is 0 Å². The lowest BCUT2D eigenvalue weighted by Crippen LogP contribution is -2.31. The summed E-state index contributed by atoms with van der Waals surface area (Å²) >= 11 is 0. The summed E-state index contributed by atoms with van der Waals surface area (Å²) in [5, 5.41) is 28.7. The van der Waals surface area contributed by atoms with Crippen LogP contribution in [0.1, 0.15) is 0 Å². The Hall–Kier alpha value is -2.88. The van der Waals surface area contributed by atoms with Crippen LogP contribution < -0.4 is 5.46 Å². The van der Waals surface area contributed by atoms with Crippen LogP contribution in [0, 0.1) is 0 Å². The standard InChI is InChI=1S/C22H15BO2/c24-23(25)22-19-12-11-14-5-1-3-7-17(14)20(19)13-16-10-9-15-6-2-4-8-18(15)21(16)22/h1-13,24-25H. The molecule has 118 valence electrons. The highest BCUT2D eigenvalue weighted by Gasteiger charge is 2.21. The Balaban J connectivity index is 2.10. The van der Waals surface area contributed by atoms with Crippen molar-refractivity contribution in [2.75, 3.05) is 0 Å². The van der Waals surface area contributed by atoms with Gasteiger partial charge in [0.2, 0.25) is 0 Å². The Labute approximate surface area is 145 Å². The SMILES string of the molecule is OB(O)c1c2ccc3ccccc3c2cc2ccc3ccccc3c12. The first-order valence-electron chi connectivity index (χ1n) is 8.36. The third-order valence-electron chi connectivity index (χ3n) is 5.05. The number of hydrogen-bond acceptors (Lipinski definition) is 2. The molecule has 2 N–H and O–H groups in total. The van der Waals surface area contributed by atoms with E-state index in [9.17, 15) is 10.0 Å². The van der Waals surface area contributed by atoms with Crippen molar-refractivity contribution in [1.29, 1.82) is 0 Å². The van der Waals surface area contributed by atoms with Crippen LogP contribution in [0.5, 0.6) is 0 Å². The molecule has 3 heteroatoms. The Bertz CT molecular complexity index is 1280. The Kier molecular flexibility index (Phi) is 3.08. The van der Waals surface area contributed by atoms with Gasteiger partial charge in [0, 0.05) is 0 Å². The van der Waals surface area contributed by atoms with Gasteiger partial charge < -0.3 is 10.0 Å². The minimum Gasteiger partial charge on any atom is -0.423 e. The first-order valence-corrected chi connectivity index (χ1v) is 8.36. The second-order valence-corrected chi connectivity index (χ2v) is 6.43. The Morgan fingerprint density at radius 1 is 0.520 bits per heavy atom. The molecule has 0 fully saturated rings. The highest BCUT2D eigenvalue weighted by molar-refractivity contribution is 6.66. The fourth-order valence-corrected chi connectivity index (χ4v) is 3.95. The average molecular weight is 322 g/mol. The van der Waals surface area contributed by atoms with Crippen molar-refractivity contribution < 1.29 is 10.0 Å². The largest absolute Gasteiger partial charge is 0.489 e. The first-order chi connectivity index (χ1) is 12.2. The lowest BCUT2D eigenvalue weighted by atomic mass is 9.72. The lowest BCUT2D eigenvalue weighted by Gasteiger charge is -2.15. The predicted molar refractivity (Wildman–Crippen MR) is 106 cm³/mol. The third-order valence-corrected chi connectivity index (χ3v) is 5.05. The average Bonchev–Trinajstić information content (AvgIpc) is 2.65. The zero-order valence-electron chi connectivity index (χ0n) is 13.5. The summed E-state index contributed by atoms with van der Waals surface area (Å²) in [5.74, 6) is 0. The second-order valence-electron chi connectivity index (χ2n) is 6.43. The Morgan fingerprint density at radius 3 is 1.88 bits per heavy atom. The van der Waals surface area contributed by atoms with Crippen LogP contribution in [0.15, 0.2) is 78.9 Å². The molecule has 0 bridgehead atoms. The highest BCUT2D eigenvalue weighted by atomic mass is 16.4. The number of rotatable bonds is 1. The van der Waals surface area contributed by atoms with Crippen molar-refractivity contribution in [2.45, 2.75) is 0 Å². The molecule has 5 rings (SSSR count). The van der Waals surface area contributed by atoms with Crippen LogP contribution >= 0.6 is 0 Å². The van der Waals surface area contributed by atoms with Gasteiger partial charge in [0.15, 0.2) is 0 Å². The van der Waals surface area contributed by atoms with E-state index in [1.54, 1.807) is 0 Å². The van der Waals surface area contributed by atoms with E-state index in [4.69, 9.17) is 0 Å². The van der Waals surface area contributed by atoms with Crippen molar-refractivity contribution in [3.05, 3.63) is 78.9 Å². The summed E-state index contributed by atoms with van der Waals surface area (Å²) in [5.41, 5.74) is 0.579. The van der Waals surface area contributed by atoms with E-state index in [1.165, 1.54) is 0 Å². The Morgan fingerprint density at radius 2 is 1.12 bits per heavy atom. The van der Waals surface area contributed by atoms with Gasteiger partial charge in [-0.05, 0) is 54.6 Å². The van der Waals surface area contributed by atoms with Crippen molar-refractivity contribution in [3.63, 3.8) is 0 Å². The molecule has 0 unspecified atom stereocenters. The van der Waals surface area contributed by atoms with E-state index in [1.807, 2.05) is 48.5 Å². The normalized spacial score (nSPS) is 11.6. The zero-order chi connectivity index (χ0) is 17.0. The van der Waals surface area contributed by atoms with Crippen LogP contribution in [0.3, 0.4) is 0 Å². The van der Waals surface area contributed by atoms with Gasteiger partial charge in [-0.1, -0.05) is 72.8 Å². The van der Waals surface area contributed by atoms with E-state index in [-0.39, 0.29) is 0 Å². The predicted octanol–water partition coefficient (Wildman–Crippen LogP) is 3.98. The van der Waals surface area contributed by atoms with Crippen LogP contribution in [0.25, 0.3) is 43.1 Å². The molecular weight excluding hydrogens is 307 g/mol. The molecule has 0 spiro atoms. The van der Waals surface area contributed by atoms with Crippen molar-refractivity contribution >= 4 is 55.7 Å². The topological polar surface area (TPSA) is 40.5 Å². The summed E-state index contributed by atoms with van der Waals surface area (Å²) in [7, 11) is -1.53. The monoisotopic (exact) mass is 322 g/mol. The maximum absolute atomic E-state index is 10.2. The smallest absolute Gasteiger partial charge is 0.423 e. The van der Waals surface area contributed by atoms with E-state index in [0.717, 1.165) is 43.1 Å².